The fraction of sp³-hybridized carbons (Fsp3) is 0.917. The van der Waals surface area contributed by atoms with Crippen LogP contribution in [0.4, 0.5) is 0 Å². The summed E-state index contributed by atoms with van der Waals surface area (Å²) in [5.74, 6) is 0.100. The van der Waals surface area contributed by atoms with Gasteiger partial charge in [-0.1, -0.05) is 0 Å². The number of nitrogens with two attached hydrogens (primary N) is 1. The number of halogens is 2. The number of hydrogen-bond acceptors (Lipinski definition) is 4. The monoisotopic (exact) mass is 315 g/mol. The van der Waals surface area contributed by atoms with Crippen LogP contribution in [0.2, 0.25) is 0 Å². The number of hydrogen-bond donors (Lipinski definition) is 2. The van der Waals surface area contributed by atoms with E-state index in [1.807, 2.05) is 0 Å². The summed E-state index contributed by atoms with van der Waals surface area (Å²) in [6.45, 7) is 8.26. The molecule has 0 aromatic heterocycles. The Hall–Kier alpha value is -0.0700. The van der Waals surface area contributed by atoms with Gasteiger partial charge in [0.25, 0.3) is 0 Å². The van der Waals surface area contributed by atoms with Gasteiger partial charge >= 0.3 is 0 Å². The van der Waals surface area contributed by atoms with Gasteiger partial charge in [0.1, 0.15) is 0 Å². The minimum atomic E-state index is 0. The van der Waals surface area contributed by atoms with E-state index in [-0.39, 0.29) is 36.8 Å². The second kappa shape index (κ2) is 11.7. The molecule has 5 nitrogen and oxygen atoms in total. The zero-order valence-electron chi connectivity index (χ0n) is 11.8. The van der Waals surface area contributed by atoms with Crippen LogP contribution in [0.1, 0.15) is 26.7 Å². The summed E-state index contributed by atoms with van der Waals surface area (Å²) in [5, 5.41) is 3.03. The smallest absolute Gasteiger partial charge is 0.220 e. The normalized spacial score (nSPS) is 18.7. The van der Waals surface area contributed by atoms with Crippen molar-refractivity contribution in [1.29, 1.82) is 0 Å². The Labute approximate surface area is 128 Å². The van der Waals surface area contributed by atoms with Crippen LogP contribution in [0.25, 0.3) is 0 Å². The Morgan fingerprint density at radius 1 is 1.32 bits per heavy atom. The summed E-state index contributed by atoms with van der Waals surface area (Å²) in [6, 6.07) is 0.513. The van der Waals surface area contributed by atoms with E-state index in [1.165, 1.54) is 0 Å². The van der Waals surface area contributed by atoms with Gasteiger partial charge in [-0.25, -0.2) is 0 Å². The molecule has 3 N–H and O–H groups in total. The molecule has 1 heterocycles. The number of morpholine rings is 1. The predicted molar refractivity (Wildman–Crippen MR) is 82.2 cm³/mol. The first-order valence-corrected chi connectivity index (χ1v) is 6.46. The Kier molecular flexibility index (Phi) is 13.1. The van der Waals surface area contributed by atoms with Gasteiger partial charge in [-0.15, -0.1) is 24.8 Å². The topological polar surface area (TPSA) is 67.6 Å². The van der Waals surface area contributed by atoms with Crippen LogP contribution in [-0.2, 0) is 9.53 Å². The molecule has 2 unspecified atom stereocenters. The second-order valence-electron chi connectivity index (χ2n) is 4.64. The molecule has 2 atom stereocenters. The molecule has 0 radical (unpaired) electrons. The van der Waals surface area contributed by atoms with Gasteiger partial charge in [-0.3, -0.25) is 9.69 Å². The van der Waals surface area contributed by atoms with Crippen molar-refractivity contribution in [3.8, 4) is 0 Å². The average molecular weight is 316 g/mol. The number of carbonyl (C=O) groups is 1. The molecule has 1 aliphatic rings. The van der Waals surface area contributed by atoms with Crippen molar-refractivity contribution in [3.05, 3.63) is 0 Å². The van der Waals surface area contributed by atoms with Crippen LogP contribution in [0.5, 0.6) is 0 Å². The van der Waals surface area contributed by atoms with Crippen LogP contribution in [-0.4, -0.2) is 55.7 Å². The molecule has 0 aromatic rings. The maximum Gasteiger partial charge on any atom is 0.220 e. The zero-order chi connectivity index (χ0) is 12.7. The van der Waals surface area contributed by atoms with E-state index in [2.05, 4.69) is 24.1 Å². The van der Waals surface area contributed by atoms with Crippen LogP contribution in [0.3, 0.4) is 0 Å². The maximum atomic E-state index is 11.6. The van der Waals surface area contributed by atoms with E-state index in [0.29, 0.717) is 19.0 Å². The van der Waals surface area contributed by atoms with E-state index in [9.17, 15) is 4.79 Å². The quantitative estimate of drug-likeness (QED) is 0.760. The van der Waals surface area contributed by atoms with Crippen molar-refractivity contribution < 1.29 is 9.53 Å². The molecule has 116 valence electrons. The molecule has 0 bridgehead atoms. The number of amides is 1. The molecule has 1 rings (SSSR count). The van der Waals surface area contributed by atoms with Gasteiger partial charge in [-0.2, -0.15) is 0 Å². The van der Waals surface area contributed by atoms with Crippen molar-refractivity contribution in [2.45, 2.75) is 38.8 Å². The van der Waals surface area contributed by atoms with E-state index in [4.69, 9.17) is 10.5 Å². The lowest BCUT2D eigenvalue weighted by Gasteiger charge is -2.35. The third-order valence-electron chi connectivity index (χ3n) is 3.34. The number of ether oxygens (including phenoxy) is 1. The molecule has 1 amide bonds. The van der Waals surface area contributed by atoms with Crippen molar-refractivity contribution in [1.82, 2.24) is 10.2 Å². The lowest BCUT2D eigenvalue weighted by atomic mass is 10.1. The van der Waals surface area contributed by atoms with Gasteiger partial charge in [-0.05, 0) is 26.8 Å². The third kappa shape index (κ3) is 7.95. The van der Waals surface area contributed by atoms with Crippen molar-refractivity contribution in [2.24, 2.45) is 5.73 Å². The highest BCUT2D eigenvalue weighted by atomic mass is 35.5. The van der Waals surface area contributed by atoms with Crippen LogP contribution >= 0.6 is 24.8 Å². The molecule has 1 aliphatic heterocycles. The molecule has 1 saturated heterocycles. The van der Waals surface area contributed by atoms with Crippen LogP contribution in [0, 0.1) is 0 Å². The lowest BCUT2D eigenvalue weighted by Crippen LogP contribution is -2.52. The third-order valence-corrected chi connectivity index (χ3v) is 3.34. The fourth-order valence-electron chi connectivity index (χ4n) is 2.01. The summed E-state index contributed by atoms with van der Waals surface area (Å²) in [5.41, 5.74) is 5.38. The number of rotatable bonds is 6. The minimum Gasteiger partial charge on any atom is -0.379 e. The van der Waals surface area contributed by atoms with E-state index in [1.54, 1.807) is 0 Å². The molecule has 7 heteroatoms. The predicted octanol–water partition coefficient (Wildman–Crippen LogP) is 0.794. The SMILES string of the molecule is CC(NC(=O)CCCN)C(C)N1CCOCC1.Cl.Cl. The largest absolute Gasteiger partial charge is 0.379 e. The van der Waals surface area contributed by atoms with Gasteiger partial charge in [0.05, 0.1) is 13.2 Å². The van der Waals surface area contributed by atoms with Crippen molar-refractivity contribution >= 4 is 30.7 Å². The maximum absolute atomic E-state index is 11.6. The Bertz CT molecular complexity index is 239. The van der Waals surface area contributed by atoms with Gasteiger partial charge < -0.3 is 15.8 Å². The molecule has 0 spiro atoms. The highest BCUT2D eigenvalue weighted by Crippen LogP contribution is 2.07. The molecule has 0 aromatic carbocycles. The van der Waals surface area contributed by atoms with Crippen LogP contribution < -0.4 is 11.1 Å². The lowest BCUT2D eigenvalue weighted by molar-refractivity contribution is -0.122. The zero-order valence-corrected chi connectivity index (χ0v) is 13.4. The Morgan fingerprint density at radius 3 is 2.42 bits per heavy atom. The highest BCUT2D eigenvalue weighted by molar-refractivity contribution is 5.85. The van der Waals surface area contributed by atoms with Gasteiger partial charge in [0, 0.05) is 31.6 Å². The van der Waals surface area contributed by atoms with E-state index in [0.717, 1.165) is 32.7 Å². The molecule has 19 heavy (non-hydrogen) atoms. The van der Waals surface area contributed by atoms with E-state index >= 15 is 0 Å². The molecule has 0 saturated carbocycles. The van der Waals surface area contributed by atoms with Gasteiger partial charge in [0.2, 0.25) is 5.91 Å². The van der Waals surface area contributed by atoms with Crippen LogP contribution in [0.15, 0.2) is 0 Å². The highest BCUT2D eigenvalue weighted by Gasteiger charge is 2.22. The second-order valence-corrected chi connectivity index (χ2v) is 4.64. The molecular formula is C12H27Cl2N3O2. The number of nitrogens with one attached hydrogen (secondary N) is 1. The summed E-state index contributed by atoms with van der Waals surface area (Å²) in [7, 11) is 0. The standard InChI is InChI=1S/C12H25N3O2.2ClH/c1-10(14-12(16)4-3-5-13)11(2)15-6-8-17-9-7-15;;/h10-11H,3-9,13H2,1-2H3,(H,14,16);2*1H. The van der Waals surface area contributed by atoms with Gasteiger partial charge in [0.15, 0.2) is 0 Å². The first-order chi connectivity index (χ1) is 8.15. The summed E-state index contributed by atoms with van der Waals surface area (Å²) < 4.78 is 5.32. The first-order valence-electron chi connectivity index (χ1n) is 6.46. The summed E-state index contributed by atoms with van der Waals surface area (Å²) in [6.07, 6.45) is 1.28. The summed E-state index contributed by atoms with van der Waals surface area (Å²) in [4.78, 5) is 13.9. The molecular weight excluding hydrogens is 289 g/mol. The van der Waals surface area contributed by atoms with Crippen molar-refractivity contribution in [2.75, 3.05) is 32.8 Å². The Morgan fingerprint density at radius 2 is 1.89 bits per heavy atom. The average Bonchev–Trinajstić information content (AvgIpc) is 2.36. The van der Waals surface area contributed by atoms with E-state index < -0.39 is 0 Å². The molecule has 0 aliphatic carbocycles. The Balaban J connectivity index is 0. The summed E-state index contributed by atoms with van der Waals surface area (Å²) >= 11 is 0. The van der Waals surface area contributed by atoms with Crippen molar-refractivity contribution in [3.63, 3.8) is 0 Å². The number of carbonyl (C=O) groups excluding carboxylic acids is 1. The number of nitrogens with zero attached hydrogens (tertiary/aromatic N) is 1. The molecule has 1 fully saturated rings. The fourth-order valence-corrected chi connectivity index (χ4v) is 2.01. The minimum absolute atomic E-state index is 0. The first kappa shape index (κ1) is 21.2.